The summed E-state index contributed by atoms with van der Waals surface area (Å²) in [6.07, 6.45) is 7.99. The number of aryl methyl sites for hydroxylation is 1. The normalized spacial score (nSPS) is 30.6. The molecule has 2 aromatic heterocycles. The van der Waals surface area contributed by atoms with Gasteiger partial charge >= 0.3 is 6.09 Å². The van der Waals surface area contributed by atoms with Crippen molar-refractivity contribution in [2.45, 2.75) is 71.9 Å². The SMILES string of the molecule is Cc1nn(CC23CCC(OC(N)=O)(CC2)C(C(C)(C)C)C3)c2ccncc12. The maximum absolute atomic E-state index is 11.6. The number of ether oxygens (including phenoxy) is 1. The highest BCUT2D eigenvalue weighted by Gasteiger charge is 2.59. The van der Waals surface area contributed by atoms with E-state index in [0.717, 1.165) is 55.2 Å². The molecule has 2 aromatic rings. The number of carbonyl (C=O) groups excluding carboxylic acids is 1. The Morgan fingerprint density at radius 2 is 2.04 bits per heavy atom. The molecule has 0 saturated heterocycles. The summed E-state index contributed by atoms with van der Waals surface area (Å²) in [6, 6.07) is 2.05. The summed E-state index contributed by atoms with van der Waals surface area (Å²) >= 11 is 0. The van der Waals surface area contributed by atoms with Crippen LogP contribution in [0.4, 0.5) is 4.79 Å². The second-order valence-electron chi connectivity index (χ2n) is 9.74. The van der Waals surface area contributed by atoms with Crippen LogP contribution in [0.5, 0.6) is 0 Å². The average molecular weight is 370 g/mol. The number of nitrogens with zero attached hydrogens (tertiary/aromatic N) is 3. The summed E-state index contributed by atoms with van der Waals surface area (Å²) in [5.74, 6) is 0.296. The third-order valence-electron chi connectivity index (χ3n) is 7.00. The van der Waals surface area contributed by atoms with Crippen LogP contribution in [0.3, 0.4) is 0 Å². The minimum absolute atomic E-state index is 0.0492. The first-order valence-electron chi connectivity index (χ1n) is 9.90. The summed E-state index contributed by atoms with van der Waals surface area (Å²) in [4.78, 5) is 15.9. The summed E-state index contributed by atoms with van der Waals surface area (Å²) in [5.41, 5.74) is 7.46. The summed E-state index contributed by atoms with van der Waals surface area (Å²) < 4.78 is 7.95. The van der Waals surface area contributed by atoms with E-state index in [-0.39, 0.29) is 10.8 Å². The molecule has 1 amide bonds. The number of rotatable bonds is 3. The molecule has 2 N–H and O–H groups in total. The van der Waals surface area contributed by atoms with Crippen LogP contribution in [0, 0.1) is 23.7 Å². The smallest absolute Gasteiger partial charge is 0.405 e. The molecule has 3 aliphatic rings. The Balaban J connectivity index is 1.67. The van der Waals surface area contributed by atoms with Crippen molar-refractivity contribution in [3.8, 4) is 0 Å². The Labute approximate surface area is 160 Å². The van der Waals surface area contributed by atoms with Crippen molar-refractivity contribution in [1.82, 2.24) is 14.8 Å². The number of fused-ring (bicyclic) bond motifs is 4. The molecule has 5 rings (SSSR count). The van der Waals surface area contributed by atoms with Crippen LogP contribution in [-0.2, 0) is 11.3 Å². The van der Waals surface area contributed by atoms with E-state index in [9.17, 15) is 4.79 Å². The minimum Gasteiger partial charge on any atom is -0.443 e. The number of pyridine rings is 1. The van der Waals surface area contributed by atoms with Gasteiger partial charge in [0.25, 0.3) is 0 Å². The zero-order valence-corrected chi connectivity index (χ0v) is 16.8. The first-order chi connectivity index (χ1) is 12.6. The third-order valence-corrected chi connectivity index (χ3v) is 7.00. The topological polar surface area (TPSA) is 83.0 Å². The Morgan fingerprint density at radius 3 is 2.67 bits per heavy atom. The van der Waals surface area contributed by atoms with Gasteiger partial charge in [-0.2, -0.15) is 5.10 Å². The van der Waals surface area contributed by atoms with Crippen molar-refractivity contribution >= 4 is 17.0 Å². The lowest BCUT2D eigenvalue weighted by molar-refractivity contribution is -0.172. The minimum atomic E-state index is -0.639. The van der Waals surface area contributed by atoms with Gasteiger partial charge in [-0.3, -0.25) is 9.67 Å². The summed E-state index contributed by atoms with van der Waals surface area (Å²) in [6.45, 7) is 9.69. The van der Waals surface area contributed by atoms with E-state index in [1.165, 1.54) is 0 Å². The van der Waals surface area contributed by atoms with Gasteiger partial charge in [-0.05, 0) is 55.9 Å². The predicted octanol–water partition coefficient (Wildman–Crippen LogP) is 4.20. The van der Waals surface area contributed by atoms with Gasteiger partial charge in [-0.25, -0.2) is 4.79 Å². The highest BCUT2D eigenvalue weighted by atomic mass is 16.6. The molecule has 146 valence electrons. The molecule has 2 heterocycles. The van der Waals surface area contributed by atoms with Gasteiger partial charge in [0.2, 0.25) is 0 Å². The van der Waals surface area contributed by atoms with Crippen LogP contribution in [0.15, 0.2) is 18.5 Å². The largest absolute Gasteiger partial charge is 0.443 e. The van der Waals surface area contributed by atoms with E-state index in [1.807, 2.05) is 19.3 Å². The van der Waals surface area contributed by atoms with Gasteiger partial charge in [0.05, 0.1) is 11.2 Å². The van der Waals surface area contributed by atoms with Crippen LogP contribution >= 0.6 is 0 Å². The van der Waals surface area contributed by atoms with Gasteiger partial charge < -0.3 is 10.5 Å². The fourth-order valence-electron chi connectivity index (χ4n) is 5.68. The van der Waals surface area contributed by atoms with Crippen molar-refractivity contribution < 1.29 is 9.53 Å². The standard InChI is InChI=1S/C21H30N4O2/c1-14-15-12-23-10-5-16(15)25(24-14)13-20-6-8-21(9-7-20,27-18(22)26)17(11-20)19(2,3)4/h5,10,12,17H,6-9,11,13H2,1-4H3,(H2,22,26). The van der Waals surface area contributed by atoms with Crippen LogP contribution in [0.2, 0.25) is 0 Å². The van der Waals surface area contributed by atoms with E-state index < -0.39 is 11.7 Å². The van der Waals surface area contributed by atoms with E-state index in [0.29, 0.717) is 5.92 Å². The molecule has 3 saturated carbocycles. The van der Waals surface area contributed by atoms with Crippen molar-refractivity contribution in [3.05, 3.63) is 24.2 Å². The van der Waals surface area contributed by atoms with Crippen LogP contribution in [0.25, 0.3) is 10.9 Å². The third kappa shape index (κ3) is 2.99. The van der Waals surface area contributed by atoms with Crippen molar-refractivity contribution in [1.29, 1.82) is 0 Å². The first kappa shape index (κ1) is 18.3. The number of hydrogen-bond donors (Lipinski definition) is 1. The summed E-state index contributed by atoms with van der Waals surface area (Å²) in [7, 11) is 0. The molecule has 1 unspecified atom stereocenters. The van der Waals surface area contributed by atoms with Crippen LogP contribution in [-0.4, -0.2) is 26.5 Å². The predicted molar refractivity (Wildman–Crippen MR) is 104 cm³/mol. The van der Waals surface area contributed by atoms with Gasteiger partial charge in [-0.1, -0.05) is 20.8 Å². The van der Waals surface area contributed by atoms with Crippen LogP contribution in [0.1, 0.15) is 58.6 Å². The van der Waals surface area contributed by atoms with Crippen molar-refractivity contribution in [2.24, 2.45) is 22.5 Å². The lowest BCUT2D eigenvalue weighted by Crippen LogP contribution is -2.59. The Kier molecular flexibility index (Phi) is 4.02. The molecule has 0 radical (unpaired) electrons. The van der Waals surface area contributed by atoms with Gasteiger partial charge in [-0.15, -0.1) is 0 Å². The molecular weight excluding hydrogens is 340 g/mol. The fourth-order valence-corrected chi connectivity index (χ4v) is 5.68. The average Bonchev–Trinajstić information content (AvgIpc) is 2.90. The number of amides is 1. The lowest BCUT2D eigenvalue weighted by atomic mass is 9.49. The van der Waals surface area contributed by atoms with E-state index in [4.69, 9.17) is 15.6 Å². The van der Waals surface area contributed by atoms with E-state index in [2.05, 4.69) is 36.5 Å². The number of hydrogen-bond acceptors (Lipinski definition) is 4. The zero-order valence-electron chi connectivity index (χ0n) is 16.8. The van der Waals surface area contributed by atoms with Gasteiger partial charge in [0, 0.05) is 30.2 Å². The van der Waals surface area contributed by atoms with Crippen LogP contribution < -0.4 is 5.73 Å². The lowest BCUT2D eigenvalue weighted by Gasteiger charge is -2.60. The van der Waals surface area contributed by atoms with Crippen molar-refractivity contribution in [3.63, 3.8) is 0 Å². The number of carbonyl (C=O) groups is 1. The fraction of sp³-hybridized carbons (Fsp3) is 0.667. The number of aromatic nitrogens is 3. The Bertz CT molecular complexity index is 872. The maximum Gasteiger partial charge on any atom is 0.405 e. The number of primary amides is 1. The molecule has 3 aliphatic carbocycles. The van der Waals surface area contributed by atoms with Gasteiger partial charge in [0.15, 0.2) is 0 Å². The Hall–Kier alpha value is -2.11. The quantitative estimate of drug-likeness (QED) is 0.878. The van der Waals surface area contributed by atoms with E-state index >= 15 is 0 Å². The second-order valence-corrected chi connectivity index (χ2v) is 9.74. The first-order valence-corrected chi connectivity index (χ1v) is 9.90. The molecule has 6 nitrogen and oxygen atoms in total. The highest BCUT2D eigenvalue weighted by molar-refractivity contribution is 5.80. The molecular formula is C21H30N4O2. The Morgan fingerprint density at radius 1 is 1.33 bits per heavy atom. The zero-order chi connectivity index (χ0) is 19.4. The molecule has 27 heavy (non-hydrogen) atoms. The maximum atomic E-state index is 11.6. The second kappa shape index (κ2) is 5.94. The molecule has 6 heteroatoms. The molecule has 0 aromatic carbocycles. The van der Waals surface area contributed by atoms with Crippen molar-refractivity contribution in [2.75, 3.05) is 0 Å². The molecule has 0 spiro atoms. The summed E-state index contributed by atoms with van der Waals surface area (Å²) in [5, 5.41) is 5.94. The monoisotopic (exact) mass is 370 g/mol. The molecule has 1 atom stereocenters. The molecule has 2 bridgehead atoms. The highest BCUT2D eigenvalue weighted by Crippen LogP contribution is 2.61. The van der Waals surface area contributed by atoms with Gasteiger partial charge in [0.1, 0.15) is 5.60 Å². The molecule has 3 fully saturated rings. The number of nitrogens with two attached hydrogens (primary N) is 1. The molecule has 0 aliphatic heterocycles. The van der Waals surface area contributed by atoms with E-state index in [1.54, 1.807) is 0 Å².